The molecule has 0 aliphatic heterocycles. The molecule has 0 radical (unpaired) electrons. The van der Waals surface area contributed by atoms with Crippen molar-refractivity contribution < 1.29 is 0 Å². The summed E-state index contributed by atoms with van der Waals surface area (Å²) in [6.07, 6.45) is 0. The number of imidazole rings is 2. The highest BCUT2D eigenvalue weighted by atomic mass is 16.1. The van der Waals surface area contributed by atoms with Crippen molar-refractivity contribution in [2.75, 3.05) is 0 Å². The van der Waals surface area contributed by atoms with E-state index in [2.05, 4.69) is 29.9 Å². The maximum atomic E-state index is 13.3. The molecule has 0 saturated carbocycles. The van der Waals surface area contributed by atoms with E-state index in [1.807, 2.05) is 0 Å². The molecule has 0 aliphatic rings. The zero-order valence-corrected chi connectivity index (χ0v) is 17.3. The van der Waals surface area contributed by atoms with Gasteiger partial charge in [-0.05, 0) is 12.1 Å². The van der Waals surface area contributed by atoms with Crippen LogP contribution >= 0.6 is 0 Å². The Balaban J connectivity index is 1.64. The van der Waals surface area contributed by atoms with Gasteiger partial charge in [0.05, 0.1) is 10.8 Å². The molecule has 162 valence electrons. The summed E-state index contributed by atoms with van der Waals surface area (Å²) in [7, 11) is 0. The first-order valence-electron chi connectivity index (χ1n) is 9.98. The molecule has 6 aromatic heterocycles. The Labute approximate surface area is 195 Å². The van der Waals surface area contributed by atoms with Crippen molar-refractivity contribution in [1.29, 1.82) is 21.0 Å². The summed E-state index contributed by atoms with van der Waals surface area (Å²) in [5.41, 5.74) is -1.54. The van der Waals surface area contributed by atoms with Gasteiger partial charge in [-0.2, -0.15) is 21.0 Å². The fourth-order valence-corrected chi connectivity index (χ4v) is 4.41. The second-order valence-electron chi connectivity index (χ2n) is 7.68. The number of nitriles is 4. The van der Waals surface area contributed by atoms with Crippen molar-refractivity contribution in [2.45, 2.75) is 0 Å². The van der Waals surface area contributed by atoms with Crippen LogP contribution in [0.15, 0.2) is 21.7 Å². The van der Waals surface area contributed by atoms with Gasteiger partial charge in [0.25, 0.3) is 11.1 Å². The summed E-state index contributed by atoms with van der Waals surface area (Å²) in [5.74, 6) is 0. The lowest BCUT2D eigenvalue weighted by molar-refractivity contribution is 1.13. The smallest absolute Gasteiger partial charge is 0.266 e. The molecule has 0 bridgehead atoms. The maximum absolute atomic E-state index is 13.3. The van der Waals surface area contributed by atoms with Gasteiger partial charge >= 0.3 is 0 Å². The molecule has 36 heavy (non-hydrogen) atoms. The zero-order valence-electron chi connectivity index (χ0n) is 17.3. The topological polar surface area (TPSA) is 215 Å². The zero-order chi connectivity index (χ0) is 24.9. The number of aromatic nitrogens is 8. The van der Waals surface area contributed by atoms with E-state index in [9.17, 15) is 30.6 Å². The molecule has 0 amide bonds. The fourth-order valence-electron chi connectivity index (χ4n) is 4.41. The minimum absolute atomic E-state index is 0.0119. The minimum atomic E-state index is -0.509. The van der Waals surface area contributed by atoms with E-state index in [0.29, 0.717) is 10.8 Å². The number of hydrogen-bond donors (Lipinski definition) is 0. The molecule has 0 fully saturated rings. The first-order chi connectivity index (χ1) is 17.5. The van der Waals surface area contributed by atoms with Crippen LogP contribution in [0.4, 0.5) is 0 Å². The van der Waals surface area contributed by atoms with Crippen LogP contribution in [0.25, 0.3) is 55.4 Å². The Morgan fingerprint density at radius 1 is 0.500 bits per heavy atom. The Kier molecular flexibility index (Phi) is 3.26. The average Bonchev–Trinajstić information content (AvgIpc) is 3.60. The minimum Gasteiger partial charge on any atom is -0.268 e. The van der Waals surface area contributed by atoms with Crippen LogP contribution in [-0.2, 0) is 0 Å². The molecule has 0 spiro atoms. The number of hydrogen-bond acceptors (Lipinski definition) is 12. The molecule has 0 saturated heterocycles. The molecule has 6 heterocycles. The Morgan fingerprint density at radius 3 is 1.22 bits per heavy atom. The molecule has 0 unspecified atom stereocenters. The van der Waals surface area contributed by atoms with Crippen LogP contribution < -0.4 is 11.1 Å². The number of rotatable bonds is 0. The van der Waals surface area contributed by atoms with Crippen molar-refractivity contribution in [2.24, 2.45) is 0 Å². The van der Waals surface area contributed by atoms with Gasteiger partial charge in [0, 0.05) is 10.8 Å². The first kappa shape index (κ1) is 19.1. The predicted molar refractivity (Wildman–Crippen MR) is 119 cm³/mol. The summed E-state index contributed by atoms with van der Waals surface area (Å²) in [6, 6.07) is 10.1. The molecule has 14 nitrogen and oxygen atoms in total. The van der Waals surface area contributed by atoms with Crippen LogP contribution in [0.3, 0.4) is 0 Å². The second kappa shape index (κ2) is 6.14. The average molecular weight is 466 g/mol. The summed E-state index contributed by atoms with van der Waals surface area (Å²) in [4.78, 5) is 51.6. The highest BCUT2D eigenvalue weighted by molar-refractivity contribution is 6.11. The third-order valence-electron chi connectivity index (χ3n) is 5.92. The standard InChI is InChI=1S/C22H2N12O2/c23-3-11-13(5-25)29-19-15(27-11)31-17-7-1-9-8(2-10(7)22(36)33(17)19)18-32-16-20(34(18)21(9)35)30-14(6-26)12(4-24)28-16/h1-2H. The predicted octanol–water partition coefficient (Wildman–Crippen LogP) is 0.258. The summed E-state index contributed by atoms with van der Waals surface area (Å²) < 4.78 is 2.36. The van der Waals surface area contributed by atoms with Gasteiger partial charge in [-0.1, -0.05) is 0 Å². The second-order valence-corrected chi connectivity index (χ2v) is 7.68. The van der Waals surface area contributed by atoms with Crippen LogP contribution in [-0.4, -0.2) is 38.7 Å². The van der Waals surface area contributed by atoms with Crippen molar-refractivity contribution >= 4 is 55.4 Å². The largest absolute Gasteiger partial charge is 0.268 e. The molecule has 7 aromatic rings. The van der Waals surface area contributed by atoms with Crippen LogP contribution in [0, 0.1) is 45.3 Å². The van der Waals surface area contributed by atoms with Crippen molar-refractivity contribution in [1.82, 2.24) is 38.7 Å². The number of benzene rings is 1. The molecule has 1 aromatic carbocycles. The molecule has 0 aliphatic carbocycles. The van der Waals surface area contributed by atoms with E-state index in [1.54, 1.807) is 24.3 Å². The molecular weight excluding hydrogens is 464 g/mol. The molecule has 0 atom stereocenters. The van der Waals surface area contributed by atoms with E-state index in [1.165, 1.54) is 20.9 Å². The molecule has 14 heteroatoms. The number of nitrogens with zero attached hydrogens (tertiary/aromatic N) is 12. The third kappa shape index (κ3) is 2.05. The fraction of sp³-hybridized carbons (Fsp3) is 0. The lowest BCUT2D eigenvalue weighted by Crippen LogP contribution is -2.08. The van der Waals surface area contributed by atoms with Gasteiger partial charge in [-0.15, -0.1) is 0 Å². The van der Waals surface area contributed by atoms with Crippen molar-refractivity contribution in [3.8, 4) is 24.3 Å². The summed E-state index contributed by atoms with van der Waals surface area (Å²) in [6.45, 7) is 0. The van der Waals surface area contributed by atoms with Gasteiger partial charge in [-0.3, -0.25) is 9.59 Å². The van der Waals surface area contributed by atoms with Crippen LogP contribution in [0.2, 0.25) is 0 Å². The van der Waals surface area contributed by atoms with Gasteiger partial charge in [0.15, 0.2) is 56.7 Å². The first-order valence-corrected chi connectivity index (χ1v) is 9.98. The van der Waals surface area contributed by atoms with Gasteiger partial charge in [0.2, 0.25) is 0 Å². The third-order valence-corrected chi connectivity index (χ3v) is 5.92. The van der Waals surface area contributed by atoms with Crippen molar-refractivity contribution in [3.05, 3.63) is 55.6 Å². The van der Waals surface area contributed by atoms with Crippen LogP contribution in [0.5, 0.6) is 0 Å². The van der Waals surface area contributed by atoms with E-state index in [0.717, 1.165) is 0 Å². The lowest BCUT2D eigenvalue weighted by atomic mass is 10.1. The van der Waals surface area contributed by atoms with E-state index in [-0.39, 0.29) is 67.4 Å². The van der Waals surface area contributed by atoms with E-state index >= 15 is 0 Å². The molecule has 0 N–H and O–H groups in total. The SMILES string of the molecule is N#Cc1nc2nc3c4cc5c(=O)n6c7nc(C#N)c(C#N)nc7nc6c5cc4c(=O)n3c2nc1C#N. The van der Waals surface area contributed by atoms with Gasteiger partial charge in [0.1, 0.15) is 24.3 Å². The van der Waals surface area contributed by atoms with Crippen LogP contribution in [0.1, 0.15) is 22.8 Å². The van der Waals surface area contributed by atoms with E-state index in [4.69, 9.17) is 0 Å². The van der Waals surface area contributed by atoms with Gasteiger partial charge in [-0.25, -0.2) is 38.7 Å². The summed E-state index contributed by atoms with van der Waals surface area (Å²) >= 11 is 0. The lowest BCUT2D eigenvalue weighted by Gasteiger charge is -1.93. The Morgan fingerprint density at radius 2 is 0.861 bits per heavy atom. The molecule has 7 rings (SSSR count). The molecular formula is C22H2N12O2. The monoisotopic (exact) mass is 466 g/mol. The van der Waals surface area contributed by atoms with Crippen molar-refractivity contribution in [3.63, 3.8) is 0 Å². The Bertz CT molecular complexity index is 2290. The Hall–Kier alpha value is -6.38. The normalized spacial score (nSPS) is 11.4. The maximum Gasteiger partial charge on any atom is 0.266 e. The summed E-state index contributed by atoms with van der Waals surface area (Å²) in [5, 5.41) is 38.1. The van der Waals surface area contributed by atoms with E-state index < -0.39 is 11.1 Å². The quantitative estimate of drug-likeness (QED) is 0.294. The van der Waals surface area contributed by atoms with Gasteiger partial charge < -0.3 is 0 Å². The highest BCUT2D eigenvalue weighted by Gasteiger charge is 2.24. The number of fused-ring (bicyclic) bond motifs is 10. The highest BCUT2D eigenvalue weighted by Crippen LogP contribution is 2.29.